The van der Waals surface area contributed by atoms with Crippen molar-refractivity contribution in [3.05, 3.63) is 42.0 Å². The molecule has 0 saturated heterocycles. The van der Waals surface area contributed by atoms with Gasteiger partial charge in [0.25, 0.3) is 0 Å². The van der Waals surface area contributed by atoms with Gasteiger partial charge in [0.05, 0.1) is 0 Å². The summed E-state index contributed by atoms with van der Waals surface area (Å²) >= 11 is -1.59. The molecule has 2 aliphatic rings. The number of hydrogen-bond donors (Lipinski definition) is 0. The molecule has 0 bridgehead atoms. The van der Waals surface area contributed by atoms with Gasteiger partial charge in [-0.1, -0.05) is 0 Å². The predicted molar refractivity (Wildman–Crippen MR) is 98.0 cm³/mol. The molecule has 0 radical (unpaired) electrons. The summed E-state index contributed by atoms with van der Waals surface area (Å²) in [6.45, 7) is 19.2. The van der Waals surface area contributed by atoms with Crippen LogP contribution < -0.4 is 24.8 Å². The maximum absolute atomic E-state index is 2.60. The molecule has 2 aliphatic carbocycles. The number of hydrogen-bond acceptors (Lipinski definition) is 0. The average molecular weight is 463 g/mol. The fraction of sp³-hybridized carbons (Fsp3) is 0.600. The zero-order chi connectivity index (χ0) is 16.7. The Bertz CT molecular complexity index is 582. The van der Waals surface area contributed by atoms with E-state index in [2.05, 4.69) is 78.9 Å². The molecule has 0 aromatic rings. The minimum absolute atomic E-state index is 0. The third-order valence-electron chi connectivity index (χ3n) is 4.62. The Morgan fingerprint density at radius 1 is 0.750 bits per heavy atom. The van der Waals surface area contributed by atoms with Gasteiger partial charge in [-0.2, -0.15) is 0 Å². The summed E-state index contributed by atoms with van der Waals surface area (Å²) in [5, 5.41) is 0. The van der Waals surface area contributed by atoms with Crippen molar-refractivity contribution in [1.82, 2.24) is 0 Å². The summed E-state index contributed by atoms with van der Waals surface area (Å²) in [7, 11) is 0. The van der Waals surface area contributed by atoms with Gasteiger partial charge in [-0.25, -0.2) is 0 Å². The summed E-state index contributed by atoms with van der Waals surface area (Å²) in [5.74, 6) is 0. The first-order valence-corrected chi connectivity index (χ1v) is 17.2. The van der Waals surface area contributed by atoms with Crippen LogP contribution in [0.15, 0.2) is 42.0 Å². The molecule has 0 amide bonds. The van der Waals surface area contributed by atoms with Crippen LogP contribution in [0, 0.1) is 10.8 Å². The minimum atomic E-state index is -1.59. The van der Waals surface area contributed by atoms with Gasteiger partial charge in [-0.3, -0.25) is 0 Å². The van der Waals surface area contributed by atoms with E-state index in [0.29, 0.717) is 10.8 Å². The fourth-order valence-electron chi connectivity index (χ4n) is 3.29. The molecule has 0 atom stereocenters. The van der Waals surface area contributed by atoms with Gasteiger partial charge in [0.15, 0.2) is 0 Å². The molecule has 0 spiro atoms. The van der Waals surface area contributed by atoms with Gasteiger partial charge in [0.2, 0.25) is 0 Å². The summed E-state index contributed by atoms with van der Waals surface area (Å²) in [4.78, 5) is 0. The van der Waals surface area contributed by atoms with E-state index in [1.54, 1.807) is 11.1 Å². The molecule has 0 heterocycles. The van der Waals surface area contributed by atoms with Crippen LogP contribution in [0.25, 0.3) is 0 Å². The fourth-order valence-corrected chi connectivity index (χ4v) is 20.1. The van der Waals surface area contributed by atoms with E-state index in [-0.39, 0.29) is 30.2 Å². The van der Waals surface area contributed by atoms with Gasteiger partial charge in [0.1, 0.15) is 0 Å². The van der Waals surface area contributed by atoms with Crippen molar-refractivity contribution < 1.29 is 45.2 Å². The van der Waals surface area contributed by atoms with Crippen LogP contribution in [-0.4, -0.2) is 5.43 Å². The second-order valence-electron chi connectivity index (χ2n) is 8.94. The third-order valence-corrected chi connectivity index (χ3v) is 21.7. The van der Waals surface area contributed by atoms with E-state index >= 15 is 0 Å². The van der Waals surface area contributed by atoms with Crippen LogP contribution in [-0.2, 0) is 20.4 Å². The zero-order valence-corrected chi connectivity index (χ0v) is 21.4. The third kappa shape index (κ3) is 5.83. The van der Waals surface area contributed by atoms with Crippen molar-refractivity contribution >= 4 is 5.43 Å². The molecule has 24 heavy (non-hydrogen) atoms. The first-order valence-electron chi connectivity index (χ1n) is 8.51. The molecule has 4 heteroatoms. The first-order chi connectivity index (χ1) is 10.00. The van der Waals surface area contributed by atoms with E-state index in [9.17, 15) is 0 Å². The minimum Gasteiger partial charge on any atom is -1.00 e. The molecular formula is C20H32Cl2SiZr. The monoisotopic (exact) mass is 460 g/mol. The van der Waals surface area contributed by atoms with E-state index in [4.69, 9.17) is 0 Å². The molecule has 0 fully saturated rings. The van der Waals surface area contributed by atoms with Gasteiger partial charge in [-0.15, -0.1) is 0 Å². The van der Waals surface area contributed by atoms with Crippen LogP contribution in [0.4, 0.5) is 0 Å². The summed E-state index contributed by atoms with van der Waals surface area (Å²) in [5.41, 5.74) is 3.59. The number of halogens is 2. The van der Waals surface area contributed by atoms with E-state index < -0.39 is 20.4 Å². The van der Waals surface area contributed by atoms with Crippen molar-refractivity contribution in [2.75, 3.05) is 0 Å². The van der Waals surface area contributed by atoms with Crippen LogP contribution in [0.5, 0.6) is 0 Å². The number of rotatable bonds is 2. The molecule has 0 saturated carbocycles. The second kappa shape index (κ2) is 9.03. The zero-order valence-electron chi connectivity index (χ0n) is 16.5. The van der Waals surface area contributed by atoms with Crippen molar-refractivity contribution in [1.29, 1.82) is 0 Å². The standard InChI is InChI=1S/2C9H13.C2H6Si.2ClH.Zr/c2*1-9(2,3)8-6-4-5-7-8;1-3-2;;;/h2*6-7H,4H2,1-3H3;1-2H3;2*1H;/q;;;;;+2/p-2. The Morgan fingerprint density at radius 3 is 1.29 bits per heavy atom. The van der Waals surface area contributed by atoms with Gasteiger partial charge >= 0.3 is 146 Å². The topological polar surface area (TPSA) is 0 Å². The van der Waals surface area contributed by atoms with Gasteiger partial charge in [-0.05, 0) is 0 Å². The van der Waals surface area contributed by atoms with Crippen LogP contribution in [0.1, 0.15) is 54.4 Å². The molecule has 0 unspecified atom stereocenters. The van der Waals surface area contributed by atoms with Crippen molar-refractivity contribution in [2.24, 2.45) is 10.8 Å². The molecule has 134 valence electrons. The quantitative estimate of drug-likeness (QED) is 0.521. The molecule has 0 aromatic carbocycles. The maximum atomic E-state index is 2.60. The molecule has 0 N–H and O–H groups in total. The SMILES string of the molecule is C[Si](C)=[Zr+2]([C]1=CC(C(C)(C)C)=CC1)[C]1=CC(C(C)(C)C)=CC1.[Cl-].[Cl-]. The van der Waals surface area contributed by atoms with Crippen LogP contribution >= 0.6 is 0 Å². The molecule has 0 nitrogen and oxygen atoms in total. The summed E-state index contributed by atoms with van der Waals surface area (Å²) in [6.07, 6.45) is 12.7. The summed E-state index contributed by atoms with van der Waals surface area (Å²) < 4.78 is 3.72. The molecule has 2 rings (SSSR count). The molecule has 0 aliphatic heterocycles. The largest absolute Gasteiger partial charge is 1.00 e. The van der Waals surface area contributed by atoms with E-state index in [1.165, 1.54) is 12.8 Å². The second-order valence-corrected chi connectivity index (χ2v) is 26.3. The Hall–Kier alpha value is 0.640. The van der Waals surface area contributed by atoms with Crippen molar-refractivity contribution in [2.45, 2.75) is 67.5 Å². The molecule has 0 aromatic heterocycles. The Morgan fingerprint density at radius 2 is 1.08 bits per heavy atom. The van der Waals surface area contributed by atoms with Crippen LogP contribution in [0.3, 0.4) is 0 Å². The predicted octanol–water partition coefficient (Wildman–Crippen LogP) is 0.384. The van der Waals surface area contributed by atoms with Gasteiger partial charge < -0.3 is 24.8 Å². The maximum Gasteiger partial charge on any atom is -1.00 e. The van der Waals surface area contributed by atoms with E-state index in [1.807, 2.05) is 6.56 Å². The Balaban J connectivity index is 0.00000264. The van der Waals surface area contributed by atoms with Crippen molar-refractivity contribution in [3.8, 4) is 0 Å². The Labute approximate surface area is 170 Å². The normalized spacial score (nSPS) is 16.8. The van der Waals surface area contributed by atoms with Crippen LogP contribution in [0.2, 0.25) is 13.1 Å². The van der Waals surface area contributed by atoms with E-state index in [0.717, 1.165) is 0 Å². The van der Waals surface area contributed by atoms with Crippen molar-refractivity contribution in [3.63, 3.8) is 0 Å². The smallest absolute Gasteiger partial charge is 1.00 e. The first kappa shape index (κ1) is 24.6. The number of allylic oxidation sites excluding steroid dienone is 8. The summed E-state index contributed by atoms with van der Waals surface area (Å²) in [6, 6.07) is 0. The Kier molecular flexibility index (Phi) is 9.27. The molecular weight excluding hydrogens is 430 g/mol. The van der Waals surface area contributed by atoms with Gasteiger partial charge in [0, 0.05) is 0 Å². The average Bonchev–Trinajstić information content (AvgIpc) is 2.95.